The van der Waals surface area contributed by atoms with Crippen LogP contribution in [0, 0.1) is 0 Å². The zero-order valence-electron chi connectivity index (χ0n) is 17.6. The van der Waals surface area contributed by atoms with Crippen molar-refractivity contribution in [1.29, 1.82) is 0 Å². The third-order valence-corrected chi connectivity index (χ3v) is 5.53. The molecular weight excluding hydrogens is 362 g/mol. The summed E-state index contributed by atoms with van der Waals surface area (Å²) >= 11 is 0. The van der Waals surface area contributed by atoms with Crippen LogP contribution in [0.5, 0.6) is 5.75 Å². The minimum atomic E-state index is -0.510. The SMILES string of the molecule is CCNc1ccc2c(c1)C(OC)C(OCc1ccc3ccccc3c1)C(C)(C)O2. The van der Waals surface area contributed by atoms with Crippen molar-refractivity contribution >= 4 is 16.5 Å². The van der Waals surface area contributed by atoms with Crippen LogP contribution in [0.4, 0.5) is 5.69 Å². The predicted molar refractivity (Wildman–Crippen MR) is 118 cm³/mol. The van der Waals surface area contributed by atoms with Crippen molar-refractivity contribution in [1.82, 2.24) is 0 Å². The summed E-state index contributed by atoms with van der Waals surface area (Å²) in [5, 5.41) is 5.81. The Balaban J connectivity index is 1.60. The molecule has 0 radical (unpaired) electrons. The van der Waals surface area contributed by atoms with Crippen LogP contribution in [0.1, 0.15) is 38.0 Å². The van der Waals surface area contributed by atoms with Crippen molar-refractivity contribution in [2.24, 2.45) is 0 Å². The number of methoxy groups -OCH3 is 1. The minimum absolute atomic E-state index is 0.201. The number of anilines is 1. The summed E-state index contributed by atoms with van der Waals surface area (Å²) < 4.78 is 18.7. The Morgan fingerprint density at radius 3 is 2.55 bits per heavy atom. The van der Waals surface area contributed by atoms with Crippen molar-refractivity contribution in [3.8, 4) is 5.75 Å². The minimum Gasteiger partial charge on any atom is -0.485 e. The molecule has 2 unspecified atom stereocenters. The second-order valence-corrected chi connectivity index (χ2v) is 8.06. The fourth-order valence-corrected chi connectivity index (χ4v) is 4.10. The largest absolute Gasteiger partial charge is 0.485 e. The summed E-state index contributed by atoms with van der Waals surface area (Å²) in [5.41, 5.74) is 2.71. The predicted octanol–water partition coefficient (Wildman–Crippen LogP) is 5.72. The Kier molecular flexibility index (Phi) is 5.48. The van der Waals surface area contributed by atoms with Gasteiger partial charge >= 0.3 is 0 Å². The van der Waals surface area contributed by atoms with Gasteiger partial charge in [-0.2, -0.15) is 0 Å². The molecule has 2 atom stereocenters. The maximum atomic E-state index is 6.42. The van der Waals surface area contributed by atoms with Crippen LogP contribution >= 0.6 is 0 Å². The lowest BCUT2D eigenvalue weighted by Gasteiger charge is -2.44. The molecule has 0 bridgehead atoms. The van der Waals surface area contributed by atoms with E-state index in [1.165, 1.54) is 10.8 Å². The molecule has 0 spiro atoms. The summed E-state index contributed by atoms with van der Waals surface area (Å²) in [6, 6.07) is 21.0. The molecule has 29 heavy (non-hydrogen) atoms. The Hall–Kier alpha value is -2.56. The van der Waals surface area contributed by atoms with Crippen LogP contribution in [-0.4, -0.2) is 25.4 Å². The van der Waals surface area contributed by atoms with Gasteiger partial charge in [0.1, 0.15) is 23.6 Å². The highest BCUT2D eigenvalue weighted by atomic mass is 16.6. The molecule has 4 heteroatoms. The lowest BCUT2D eigenvalue weighted by Crippen LogP contribution is -2.50. The average Bonchev–Trinajstić information content (AvgIpc) is 2.72. The van der Waals surface area contributed by atoms with E-state index < -0.39 is 5.60 Å². The van der Waals surface area contributed by atoms with Gasteiger partial charge < -0.3 is 19.5 Å². The van der Waals surface area contributed by atoms with E-state index in [1.807, 2.05) is 12.1 Å². The molecule has 0 saturated heterocycles. The van der Waals surface area contributed by atoms with E-state index >= 15 is 0 Å². The molecule has 1 heterocycles. The van der Waals surface area contributed by atoms with Gasteiger partial charge in [0, 0.05) is 24.9 Å². The van der Waals surface area contributed by atoms with Gasteiger partial charge in [-0.15, -0.1) is 0 Å². The highest BCUT2D eigenvalue weighted by molar-refractivity contribution is 5.82. The quantitative estimate of drug-likeness (QED) is 0.584. The zero-order valence-corrected chi connectivity index (χ0v) is 17.6. The Morgan fingerprint density at radius 2 is 1.79 bits per heavy atom. The maximum Gasteiger partial charge on any atom is 0.132 e. The Bertz CT molecular complexity index is 998. The van der Waals surface area contributed by atoms with E-state index in [0.717, 1.165) is 29.1 Å². The third-order valence-electron chi connectivity index (χ3n) is 5.53. The van der Waals surface area contributed by atoms with Crippen molar-refractivity contribution in [3.05, 3.63) is 71.8 Å². The van der Waals surface area contributed by atoms with Gasteiger partial charge in [0.05, 0.1) is 6.61 Å². The molecule has 0 saturated carbocycles. The van der Waals surface area contributed by atoms with E-state index in [9.17, 15) is 0 Å². The summed E-state index contributed by atoms with van der Waals surface area (Å²) in [7, 11) is 1.74. The molecule has 0 aromatic heterocycles. The topological polar surface area (TPSA) is 39.7 Å². The second kappa shape index (κ2) is 8.05. The molecule has 152 valence electrons. The highest BCUT2D eigenvalue weighted by Gasteiger charge is 2.45. The van der Waals surface area contributed by atoms with Gasteiger partial charge in [-0.25, -0.2) is 0 Å². The van der Waals surface area contributed by atoms with Gasteiger partial charge in [0.2, 0.25) is 0 Å². The number of nitrogens with one attached hydrogen (secondary N) is 1. The monoisotopic (exact) mass is 391 g/mol. The normalized spacial score (nSPS) is 20.1. The maximum absolute atomic E-state index is 6.42. The fourth-order valence-electron chi connectivity index (χ4n) is 4.10. The highest BCUT2D eigenvalue weighted by Crippen LogP contribution is 2.44. The van der Waals surface area contributed by atoms with Gasteiger partial charge in [-0.05, 0) is 61.4 Å². The van der Waals surface area contributed by atoms with E-state index in [-0.39, 0.29) is 12.2 Å². The van der Waals surface area contributed by atoms with Crippen LogP contribution in [0.3, 0.4) is 0 Å². The van der Waals surface area contributed by atoms with Crippen LogP contribution in [-0.2, 0) is 16.1 Å². The van der Waals surface area contributed by atoms with Gasteiger partial charge in [-0.1, -0.05) is 36.4 Å². The molecule has 3 aromatic rings. The number of ether oxygens (including phenoxy) is 3. The van der Waals surface area contributed by atoms with Gasteiger partial charge in [0.15, 0.2) is 0 Å². The molecule has 0 amide bonds. The molecule has 0 fully saturated rings. The summed E-state index contributed by atoms with van der Waals surface area (Å²) in [5.74, 6) is 0.856. The Morgan fingerprint density at radius 1 is 1.00 bits per heavy atom. The van der Waals surface area contributed by atoms with E-state index in [2.05, 4.69) is 74.6 Å². The lowest BCUT2D eigenvalue weighted by atomic mass is 9.88. The molecule has 0 aliphatic carbocycles. The molecular formula is C25H29NO3. The summed E-state index contributed by atoms with van der Waals surface area (Å²) in [4.78, 5) is 0. The molecule has 3 aromatic carbocycles. The van der Waals surface area contributed by atoms with E-state index in [4.69, 9.17) is 14.2 Å². The number of fused-ring (bicyclic) bond motifs is 2. The summed E-state index contributed by atoms with van der Waals surface area (Å²) in [6.07, 6.45) is -0.434. The second-order valence-electron chi connectivity index (χ2n) is 8.06. The molecule has 1 aliphatic heterocycles. The first-order valence-corrected chi connectivity index (χ1v) is 10.2. The smallest absolute Gasteiger partial charge is 0.132 e. The molecule has 4 nitrogen and oxygen atoms in total. The number of hydrogen-bond donors (Lipinski definition) is 1. The molecule has 1 N–H and O–H groups in total. The van der Waals surface area contributed by atoms with Gasteiger partial charge in [-0.3, -0.25) is 0 Å². The Labute approximate surface area is 172 Å². The number of rotatable bonds is 6. The number of hydrogen-bond acceptors (Lipinski definition) is 4. The lowest BCUT2D eigenvalue weighted by molar-refractivity contribution is -0.159. The third kappa shape index (κ3) is 3.96. The number of benzene rings is 3. The van der Waals surface area contributed by atoms with Crippen LogP contribution in [0.2, 0.25) is 0 Å². The van der Waals surface area contributed by atoms with Crippen molar-refractivity contribution in [3.63, 3.8) is 0 Å². The van der Waals surface area contributed by atoms with E-state index in [1.54, 1.807) is 7.11 Å². The van der Waals surface area contributed by atoms with Crippen molar-refractivity contribution < 1.29 is 14.2 Å². The fraction of sp³-hybridized carbons (Fsp3) is 0.360. The standard InChI is InChI=1S/C25H29NO3/c1-5-26-20-12-13-22-21(15-20)23(27-4)24(25(2,3)29-22)28-16-17-10-11-18-8-6-7-9-19(18)14-17/h6-15,23-24,26H,5,16H2,1-4H3. The first kappa shape index (κ1) is 19.7. The first-order valence-electron chi connectivity index (χ1n) is 10.2. The first-order chi connectivity index (χ1) is 14.0. The van der Waals surface area contributed by atoms with E-state index in [0.29, 0.717) is 6.61 Å². The van der Waals surface area contributed by atoms with Crippen LogP contribution in [0.15, 0.2) is 60.7 Å². The van der Waals surface area contributed by atoms with Crippen LogP contribution in [0.25, 0.3) is 10.8 Å². The van der Waals surface area contributed by atoms with Gasteiger partial charge in [0.25, 0.3) is 0 Å². The summed E-state index contributed by atoms with van der Waals surface area (Å²) in [6.45, 7) is 7.58. The van der Waals surface area contributed by atoms with Crippen molar-refractivity contribution in [2.45, 2.75) is 45.2 Å². The van der Waals surface area contributed by atoms with Crippen molar-refractivity contribution in [2.75, 3.05) is 19.0 Å². The zero-order chi connectivity index (χ0) is 20.4. The average molecular weight is 392 g/mol. The van der Waals surface area contributed by atoms with Crippen LogP contribution < -0.4 is 10.1 Å². The molecule has 1 aliphatic rings. The molecule has 4 rings (SSSR count).